The van der Waals surface area contributed by atoms with Crippen LogP contribution >= 0.6 is 0 Å². The summed E-state index contributed by atoms with van der Waals surface area (Å²) in [5.41, 5.74) is 8.96. The number of hydrogen-bond donors (Lipinski definition) is 0. The Morgan fingerprint density at radius 3 is 2.22 bits per heavy atom. The maximum Gasteiger partial charge on any atom is 0.143 e. The van der Waals surface area contributed by atoms with E-state index in [1.807, 2.05) is 36.5 Å². The average molecular weight is 662 g/mol. The third-order valence-electron chi connectivity index (χ3n) is 6.96. The summed E-state index contributed by atoms with van der Waals surface area (Å²) in [4.78, 5) is 4.73. The number of nitrogens with zero attached hydrogens (tertiary/aromatic N) is 2. The Hall–Kier alpha value is -3.46. The monoisotopic (exact) mass is 662 g/mol. The second-order valence-electron chi connectivity index (χ2n) is 9.99. The number of benzene rings is 4. The second-order valence-corrected chi connectivity index (χ2v) is 9.99. The molecule has 0 saturated heterocycles. The largest absolute Gasteiger partial charge is 0.455 e. The third kappa shape index (κ3) is 4.35. The minimum atomic E-state index is 0. The summed E-state index contributed by atoms with van der Waals surface area (Å²) < 4.78 is 8.64. The van der Waals surface area contributed by atoms with Crippen LogP contribution in [0.2, 0.25) is 0 Å². The number of para-hydroxylation sites is 2. The van der Waals surface area contributed by atoms with Gasteiger partial charge in [-0.05, 0) is 46.7 Å². The van der Waals surface area contributed by atoms with Gasteiger partial charge >= 0.3 is 0 Å². The maximum absolute atomic E-state index is 6.40. The molecule has 0 aliphatic carbocycles. The number of hydrogen-bond acceptors (Lipinski definition) is 2. The van der Waals surface area contributed by atoms with Gasteiger partial charge in [0, 0.05) is 54.5 Å². The van der Waals surface area contributed by atoms with Gasteiger partial charge in [-0.15, -0.1) is 35.9 Å². The fourth-order valence-electron chi connectivity index (χ4n) is 5.18. The molecule has 4 heteroatoms. The quantitative estimate of drug-likeness (QED) is 0.173. The Morgan fingerprint density at radius 1 is 0.811 bits per heavy atom. The van der Waals surface area contributed by atoms with E-state index in [0.717, 1.165) is 38.9 Å². The van der Waals surface area contributed by atoms with Crippen molar-refractivity contribution < 1.29 is 24.5 Å². The van der Waals surface area contributed by atoms with E-state index in [1.54, 1.807) is 0 Å². The van der Waals surface area contributed by atoms with Crippen molar-refractivity contribution in [2.45, 2.75) is 39.5 Å². The van der Waals surface area contributed by atoms with Crippen LogP contribution in [0.3, 0.4) is 0 Å². The van der Waals surface area contributed by atoms with Crippen LogP contribution in [0.15, 0.2) is 95.7 Å². The fraction of sp³-hybridized carbons (Fsp3) is 0.182. The van der Waals surface area contributed by atoms with Crippen LogP contribution in [-0.4, -0.2) is 9.55 Å². The molecule has 0 saturated carbocycles. The van der Waals surface area contributed by atoms with Gasteiger partial charge < -0.3 is 8.98 Å². The molecule has 4 aromatic carbocycles. The molecule has 2 heterocycles. The number of fused-ring (bicyclic) bond motifs is 3. The Morgan fingerprint density at radius 2 is 1.51 bits per heavy atom. The first-order valence-electron chi connectivity index (χ1n) is 12.6. The molecule has 0 amide bonds. The van der Waals surface area contributed by atoms with Crippen molar-refractivity contribution in [3.8, 4) is 28.2 Å². The summed E-state index contributed by atoms with van der Waals surface area (Å²) in [6.45, 7) is 9.05. The van der Waals surface area contributed by atoms with E-state index in [4.69, 9.17) is 9.40 Å². The van der Waals surface area contributed by atoms with Gasteiger partial charge in [-0.25, -0.2) is 0 Å². The first-order valence-corrected chi connectivity index (χ1v) is 12.6. The zero-order valence-electron chi connectivity index (χ0n) is 21.5. The predicted molar refractivity (Wildman–Crippen MR) is 149 cm³/mol. The van der Waals surface area contributed by atoms with Gasteiger partial charge in [-0.1, -0.05) is 64.1 Å². The summed E-state index contributed by atoms with van der Waals surface area (Å²) in [5, 5.41) is 2.31. The van der Waals surface area contributed by atoms with Crippen LogP contribution in [0.4, 0.5) is 0 Å². The standard InChI is InChI=1S/C33H29N2O.Ir/c1-21(2)28-19-24(25-14-10-15-27-26-13-8-9-16-30(26)36-32(25)27)20-29(22(3)4)31(28)35-18-17-34-33(35)23-11-6-5-7-12-23;/h5-11,13-22H,1-4H3;/q-1;. The molecule has 1 radical (unpaired) electrons. The topological polar surface area (TPSA) is 31.0 Å². The van der Waals surface area contributed by atoms with Crippen LogP contribution in [0.25, 0.3) is 50.1 Å². The normalized spacial score (nSPS) is 11.5. The van der Waals surface area contributed by atoms with Crippen LogP contribution in [0, 0.1) is 6.07 Å². The Kier molecular flexibility index (Phi) is 6.90. The van der Waals surface area contributed by atoms with Crippen LogP contribution in [0.5, 0.6) is 0 Å². The number of rotatable bonds is 5. The Labute approximate surface area is 231 Å². The minimum Gasteiger partial charge on any atom is -0.455 e. The van der Waals surface area contributed by atoms with E-state index in [2.05, 4.69) is 93.1 Å². The van der Waals surface area contributed by atoms with Gasteiger partial charge in [0.1, 0.15) is 11.2 Å². The van der Waals surface area contributed by atoms with E-state index < -0.39 is 0 Å². The van der Waals surface area contributed by atoms with Crippen molar-refractivity contribution in [3.05, 3.63) is 108 Å². The molecule has 0 spiro atoms. The molecule has 0 atom stereocenters. The average Bonchev–Trinajstić information content (AvgIpc) is 3.53. The Bertz CT molecular complexity index is 1660. The number of imidazole rings is 1. The maximum atomic E-state index is 6.40. The first kappa shape index (κ1) is 25.2. The van der Waals surface area contributed by atoms with Gasteiger partial charge in [-0.2, -0.15) is 0 Å². The smallest absolute Gasteiger partial charge is 0.143 e. The van der Waals surface area contributed by atoms with Crippen molar-refractivity contribution in [2.24, 2.45) is 0 Å². The minimum absolute atomic E-state index is 0. The molecule has 3 nitrogen and oxygen atoms in total. The van der Waals surface area contributed by atoms with Gasteiger partial charge in [0.2, 0.25) is 0 Å². The molecule has 0 aliphatic rings. The molecule has 187 valence electrons. The summed E-state index contributed by atoms with van der Waals surface area (Å²) in [6.07, 6.45) is 3.95. The van der Waals surface area contributed by atoms with Crippen LogP contribution in [0.1, 0.15) is 50.7 Å². The zero-order chi connectivity index (χ0) is 24.8. The summed E-state index contributed by atoms with van der Waals surface area (Å²) in [7, 11) is 0. The van der Waals surface area contributed by atoms with Crippen molar-refractivity contribution in [3.63, 3.8) is 0 Å². The number of aromatic nitrogens is 2. The van der Waals surface area contributed by atoms with Crippen molar-refractivity contribution in [2.75, 3.05) is 0 Å². The molecule has 0 N–H and O–H groups in total. The van der Waals surface area contributed by atoms with E-state index in [9.17, 15) is 0 Å². The van der Waals surface area contributed by atoms with Crippen LogP contribution < -0.4 is 0 Å². The van der Waals surface area contributed by atoms with Gasteiger partial charge in [-0.3, -0.25) is 4.98 Å². The second kappa shape index (κ2) is 10.1. The third-order valence-corrected chi connectivity index (χ3v) is 6.96. The van der Waals surface area contributed by atoms with Gasteiger partial charge in [0.15, 0.2) is 0 Å². The molecule has 0 fully saturated rings. The van der Waals surface area contributed by atoms with Crippen LogP contribution in [-0.2, 0) is 20.1 Å². The zero-order valence-corrected chi connectivity index (χ0v) is 23.8. The fourth-order valence-corrected chi connectivity index (χ4v) is 5.18. The predicted octanol–water partition coefficient (Wildman–Crippen LogP) is 9.15. The van der Waals surface area contributed by atoms with Gasteiger partial charge in [0.25, 0.3) is 0 Å². The SMILES string of the molecule is CC(C)c1cc(-c2cccc3c2oc2ccccc23)cc(C(C)C)c1-n1ccnc1-c1[c-]cccc1.[Ir]. The van der Waals surface area contributed by atoms with Gasteiger partial charge in [0.05, 0.1) is 5.82 Å². The van der Waals surface area contributed by atoms with E-state index in [-0.39, 0.29) is 20.1 Å². The Balaban J connectivity index is 0.00000280. The summed E-state index contributed by atoms with van der Waals surface area (Å²) in [5.74, 6) is 1.55. The summed E-state index contributed by atoms with van der Waals surface area (Å²) >= 11 is 0. The first-order chi connectivity index (χ1) is 17.5. The molecule has 2 aromatic heterocycles. The van der Waals surface area contributed by atoms with E-state index >= 15 is 0 Å². The molecule has 0 unspecified atom stereocenters. The summed E-state index contributed by atoms with van der Waals surface area (Å²) in [6, 6.07) is 30.8. The number of furan rings is 1. The molecule has 6 rings (SSSR count). The molecule has 6 aromatic rings. The van der Waals surface area contributed by atoms with E-state index in [1.165, 1.54) is 22.4 Å². The molecular formula is C33H29IrN2O-. The molecule has 0 bridgehead atoms. The van der Waals surface area contributed by atoms with E-state index in [0.29, 0.717) is 11.8 Å². The molecule has 37 heavy (non-hydrogen) atoms. The molecular weight excluding hydrogens is 633 g/mol. The molecule has 0 aliphatic heterocycles. The van der Waals surface area contributed by atoms with Crippen molar-refractivity contribution in [1.29, 1.82) is 0 Å². The van der Waals surface area contributed by atoms with Crippen molar-refractivity contribution >= 4 is 21.9 Å². The van der Waals surface area contributed by atoms with Crippen molar-refractivity contribution in [1.82, 2.24) is 9.55 Å².